The fourth-order valence-corrected chi connectivity index (χ4v) is 4.17. The minimum absolute atomic E-state index is 0.0118. The number of anilines is 1. The lowest BCUT2D eigenvalue weighted by atomic mass is 10.1. The molecular weight excluding hydrogens is 356 g/mol. The summed E-state index contributed by atoms with van der Waals surface area (Å²) < 4.78 is 6.07. The molecule has 4 rings (SSSR count). The summed E-state index contributed by atoms with van der Waals surface area (Å²) in [6, 6.07) is 22.0. The number of nitrogens with zero attached hydrogens (tertiary/aromatic N) is 1. The van der Waals surface area contributed by atoms with Crippen LogP contribution in [0.25, 0.3) is 10.4 Å². The molecule has 27 heavy (non-hydrogen) atoms. The Labute approximate surface area is 163 Å². The van der Waals surface area contributed by atoms with Crippen LogP contribution in [0.3, 0.4) is 0 Å². The number of para-hydroxylation sites is 1. The van der Waals surface area contributed by atoms with Crippen molar-refractivity contribution in [3.63, 3.8) is 0 Å². The van der Waals surface area contributed by atoms with Gasteiger partial charge in [0, 0.05) is 17.0 Å². The summed E-state index contributed by atoms with van der Waals surface area (Å²) in [7, 11) is 0. The van der Waals surface area contributed by atoms with Crippen molar-refractivity contribution in [3.8, 4) is 10.4 Å². The van der Waals surface area contributed by atoms with Crippen LogP contribution < -0.4 is 5.32 Å². The van der Waals surface area contributed by atoms with Crippen molar-refractivity contribution >= 4 is 23.1 Å². The Morgan fingerprint density at radius 3 is 2.59 bits per heavy atom. The van der Waals surface area contributed by atoms with Gasteiger partial charge in [0.1, 0.15) is 6.10 Å². The Morgan fingerprint density at radius 2 is 1.81 bits per heavy atom. The largest absolute Gasteiger partial charge is 0.367 e. The molecule has 2 heterocycles. The van der Waals surface area contributed by atoms with Gasteiger partial charge in [-0.05, 0) is 30.0 Å². The van der Waals surface area contributed by atoms with E-state index in [1.54, 1.807) is 11.3 Å². The number of nitrogens with one attached hydrogen (secondary N) is 1. The van der Waals surface area contributed by atoms with Crippen LogP contribution >= 0.6 is 11.3 Å². The lowest BCUT2D eigenvalue weighted by Crippen LogP contribution is -2.47. The maximum Gasteiger partial charge on any atom is 0.322 e. The summed E-state index contributed by atoms with van der Waals surface area (Å²) in [4.78, 5) is 16.0. The molecule has 1 fully saturated rings. The van der Waals surface area contributed by atoms with Crippen LogP contribution in [0, 0.1) is 0 Å². The molecule has 3 aromatic rings. The normalized spacial score (nSPS) is 19.7. The average molecular weight is 378 g/mol. The molecule has 0 unspecified atom stereocenters. The Hall–Kier alpha value is -2.63. The van der Waals surface area contributed by atoms with Gasteiger partial charge in [0.2, 0.25) is 0 Å². The average Bonchev–Trinajstić information content (AvgIpc) is 3.23. The Balaban J connectivity index is 1.52. The van der Waals surface area contributed by atoms with Gasteiger partial charge in [-0.1, -0.05) is 54.6 Å². The van der Waals surface area contributed by atoms with E-state index < -0.39 is 0 Å². The SMILES string of the molecule is C[C@H]1CN(C(=O)Nc2ccccc2-c2cccs2)C[C@H](c2ccccc2)O1. The van der Waals surface area contributed by atoms with Crippen molar-refractivity contribution in [1.82, 2.24) is 4.90 Å². The van der Waals surface area contributed by atoms with Crippen LogP contribution in [0.2, 0.25) is 0 Å². The molecule has 0 saturated carbocycles. The molecule has 138 valence electrons. The van der Waals surface area contributed by atoms with E-state index in [0.717, 1.165) is 21.7 Å². The van der Waals surface area contributed by atoms with Crippen LogP contribution in [0.1, 0.15) is 18.6 Å². The Kier molecular flexibility index (Phi) is 5.23. The molecule has 2 aromatic carbocycles. The van der Waals surface area contributed by atoms with Crippen LogP contribution in [0.4, 0.5) is 10.5 Å². The van der Waals surface area contributed by atoms with E-state index in [0.29, 0.717) is 13.1 Å². The molecule has 0 bridgehead atoms. The summed E-state index contributed by atoms with van der Waals surface area (Å²) in [5, 5.41) is 5.14. The summed E-state index contributed by atoms with van der Waals surface area (Å²) in [5.74, 6) is 0. The highest BCUT2D eigenvalue weighted by Crippen LogP contribution is 2.32. The number of hydrogen-bond acceptors (Lipinski definition) is 3. The molecule has 5 heteroatoms. The number of hydrogen-bond donors (Lipinski definition) is 1. The van der Waals surface area contributed by atoms with Gasteiger partial charge in [0.15, 0.2) is 0 Å². The smallest absolute Gasteiger partial charge is 0.322 e. The molecule has 1 N–H and O–H groups in total. The molecule has 0 spiro atoms. The first-order chi connectivity index (χ1) is 13.2. The van der Waals surface area contributed by atoms with Gasteiger partial charge in [-0.15, -0.1) is 11.3 Å². The standard InChI is InChI=1S/C22H22N2O2S/c1-16-14-24(15-20(26-16)17-8-3-2-4-9-17)22(25)23-19-11-6-5-10-18(19)21-12-7-13-27-21/h2-13,16,20H,14-15H2,1H3,(H,23,25)/t16-,20+/m0/s1. The third-order valence-electron chi connectivity index (χ3n) is 4.67. The predicted molar refractivity (Wildman–Crippen MR) is 110 cm³/mol. The van der Waals surface area contributed by atoms with Gasteiger partial charge in [-0.2, -0.15) is 0 Å². The van der Waals surface area contributed by atoms with Crippen LogP contribution in [0.5, 0.6) is 0 Å². The van der Waals surface area contributed by atoms with E-state index in [1.807, 2.05) is 77.9 Å². The fourth-order valence-electron chi connectivity index (χ4n) is 3.40. The highest BCUT2D eigenvalue weighted by molar-refractivity contribution is 7.13. The summed E-state index contributed by atoms with van der Waals surface area (Å²) in [6.07, 6.45) is -0.115. The van der Waals surface area contributed by atoms with Gasteiger partial charge >= 0.3 is 6.03 Å². The van der Waals surface area contributed by atoms with Crippen LogP contribution in [-0.4, -0.2) is 30.1 Å². The molecule has 2 amide bonds. The number of amides is 2. The quantitative estimate of drug-likeness (QED) is 0.662. The second kappa shape index (κ2) is 7.94. The van der Waals surface area contributed by atoms with Crippen molar-refractivity contribution in [1.29, 1.82) is 0 Å². The lowest BCUT2D eigenvalue weighted by Gasteiger charge is -2.37. The van der Waals surface area contributed by atoms with E-state index in [9.17, 15) is 4.79 Å². The third-order valence-corrected chi connectivity index (χ3v) is 5.58. The monoisotopic (exact) mass is 378 g/mol. The molecule has 1 aliphatic heterocycles. The Morgan fingerprint density at radius 1 is 1.04 bits per heavy atom. The number of thiophene rings is 1. The van der Waals surface area contributed by atoms with Gasteiger partial charge in [-0.25, -0.2) is 4.79 Å². The van der Waals surface area contributed by atoms with E-state index in [1.165, 1.54) is 0 Å². The third kappa shape index (κ3) is 4.04. The van der Waals surface area contributed by atoms with E-state index in [-0.39, 0.29) is 18.2 Å². The lowest BCUT2D eigenvalue weighted by molar-refractivity contribution is -0.0642. The molecule has 0 aliphatic carbocycles. The molecule has 0 radical (unpaired) electrons. The predicted octanol–water partition coefficient (Wildman–Crippen LogP) is 5.41. The second-order valence-electron chi connectivity index (χ2n) is 6.70. The highest BCUT2D eigenvalue weighted by atomic mass is 32.1. The van der Waals surface area contributed by atoms with Gasteiger partial charge in [0.25, 0.3) is 0 Å². The number of carbonyl (C=O) groups excluding carboxylic acids is 1. The summed E-state index contributed by atoms with van der Waals surface area (Å²) >= 11 is 1.67. The highest BCUT2D eigenvalue weighted by Gasteiger charge is 2.29. The first kappa shape index (κ1) is 17.8. The zero-order valence-electron chi connectivity index (χ0n) is 15.2. The van der Waals surface area contributed by atoms with Crippen LogP contribution in [0.15, 0.2) is 72.1 Å². The first-order valence-electron chi connectivity index (χ1n) is 9.10. The Bertz CT molecular complexity index is 896. The number of rotatable bonds is 3. The van der Waals surface area contributed by atoms with Crippen molar-refractivity contribution in [2.24, 2.45) is 0 Å². The number of carbonyl (C=O) groups is 1. The van der Waals surface area contributed by atoms with E-state index in [2.05, 4.69) is 11.4 Å². The summed E-state index contributed by atoms with van der Waals surface area (Å²) in [5.41, 5.74) is 2.97. The molecule has 1 aromatic heterocycles. The number of urea groups is 1. The fraction of sp³-hybridized carbons (Fsp3) is 0.227. The van der Waals surface area contributed by atoms with E-state index >= 15 is 0 Å². The van der Waals surface area contributed by atoms with E-state index in [4.69, 9.17) is 4.74 Å². The van der Waals surface area contributed by atoms with Crippen molar-refractivity contribution in [2.45, 2.75) is 19.1 Å². The molecular formula is C22H22N2O2S. The minimum atomic E-state index is -0.103. The van der Waals surface area contributed by atoms with Gasteiger partial charge < -0.3 is 15.0 Å². The maximum absolute atomic E-state index is 13.0. The second-order valence-corrected chi connectivity index (χ2v) is 7.65. The number of morpholine rings is 1. The molecule has 2 atom stereocenters. The zero-order valence-corrected chi connectivity index (χ0v) is 16.0. The van der Waals surface area contributed by atoms with Crippen molar-refractivity contribution < 1.29 is 9.53 Å². The molecule has 1 aliphatic rings. The van der Waals surface area contributed by atoms with Crippen LogP contribution in [-0.2, 0) is 4.74 Å². The number of ether oxygens (including phenoxy) is 1. The first-order valence-corrected chi connectivity index (χ1v) is 9.98. The van der Waals surface area contributed by atoms with Gasteiger partial charge in [-0.3, -0.25) is 0 Å². The van der Waals surface area contributed by atoms with Gasteiger partial charge in [0.05, 0.1) is 18.3 Å². The molecule has 4 nitrogen and oxygen atoms in total. The minimum Gasteiger partial charge on any atom is -0.367 e. The number of benzene rings is 2. The molecule has 1 saturated heterocycles. The zero-order chi connectivity index (χ0) is 18.6. The maximum atomic E-state index is 13.0. The van der Waals surface area contributed by atoms with Crippen molar-refractivity contribution in [2.75, 3.05) is 18.4 Å². The summed E-state index contributed by atoms with van der Waals surface area (Å²) in [6.45, 7) is 3.13. The van der Waals surface area contributed by atoms with Crippen molar-refractivity contribution in [3.05, 3.63) is 77.7 Å². The topological polar surface area (TPSA) is 41.6 Å².